The molecular weight excluding hydrogens is 852 g/mol. The molecule has 1 aliphatic rings. The first-order valence-electron chi connectivity index (χ1n) is 23.5. The van der Waals surface area contributed by atoms with E-state index in [0.29, 0.717) is 5.69 Å². The van der Waals surface area contributed by atoms with E-state index >= 15 is 0 Å². The number of aromatic nitrogens is 5. The van der Waals surface area contributed by atoms with Crippen LogP contribution in [0.1, 0.15) is 151 Å². The zero-order chi connectivity index (χ0) is 47.1. The van der Waals surface area contributed by atoms with Crippen LogP contribution in [0.5, 0.6) is 0 Å². The second kappa shape index (κ2) is 28.5. The number of carbonyl (C=O) groups excluding carboxylic acids is 1. The summed E-state index contributed by atoms with van der Waals surface area (Å²) in [6, 6.07) is 3.37. The topological polar surface area (TPSA) is 188 Å². The van der Waals surface area contributed by atoms with Crippen LogP contribution in [-0.4, -0.2) is 87.2 Å². The van der Waals surface area contributed by atoms with Gasteiger partial charge in [0.1, 0.15) is 30.6 Å². The van der Waals surface area contributed by atoms with Gasteiger partial charge in [0.05, 0.1) is 31.8 Å². The number of hydrogen-bond acceptors (Lipinski definition) is 12. The monoisotopic (exact) mass is 931 g/mol. The summed E-state index contributed by atoms with van der Waals surface area (Å²) in [6.45, 7) is 21.6. The lowest BCUT2D eigenvalue weighted by Gasteiger charge is -2.42. The SMILES string of the molecule is CCCCC/C=C\C/C=C\CCCCCCCCn1cc(CNC(=O)OC[C@H]2O[C@@H](n3ccc(=O)[nH]c3=O)[C@H](O[Si](C)(C)C(C)(C)C)[C@@H]2OP(OCCC#N)N(C(C)C)C(C)C)nn1. The number of rotatable bonds is 30. The number of nitrogens with one attached hydrogen (secondary N) is 2. The predicted octanol–water partition coefficient (Wildman–Crippen LogP) is 9.82. The van der Waals surface area contributed by atoms with Crippen molar-refractivity contribution in [2.24, 2.45) is 0 Å². The second-order valence-electron chi connectivity index (χ2n) is 18.6. The Morgan fingerprint density at radius 3 is 2.30 bits per heavy atom. The number of carbonyl (C=O) groups is 1. The molecule has 16 nitrogen and oxygen atoms in total. The molecule has 0 radical (unpaired) electrons. The van der Waals surface area contributed by atoms with E-state index in [1.165, 1.54) is 68.2 Å². The minimum Gasteiger partial charge on any atom is -0.447 e. The molecular formula is C46H79N8O8PSi. The largest absolute Gasteiger partial charge is 0.447 e. The lowest BCUT2D eigenvalue weighted by molar-refractivity contribution is -0.0551. The van der Waals surface area contributed by atoms with E-state index in [9.17, 15) is 19.6 Å². The molecule has 0 bridgehead atoms. The number of amides is 1. The van der Waals surface area contributed by atoms with Crippen LogP contribution in [0.25, 0.3) is 0 Å². The van der Waals surface area contributed by atoms with Crippen LogP contribution in [0.2, 0.25) is 18.1 Å². The Morgan fingerprint density at radius 2 is 1.67 bits per heavy atom. The Hall–Kier alpha value is -3.49. The first-order chi connectivity index (χ1) is 30.5. The van der Waals surface area contributed by atoms with Crippen molar-refractivity contribution < 1.29 is 27.7 Å². The summed E-state index contributed by atoms with van der Waals surface area (Å²) in [5.41, 5.74) is -0.642. The quantitative estimate of drug-likeness (QED) is 0.0327. The van der Waals surface area contributed by atoms with E-state index in [2.05, 4.69) is 96.4 Å². The normalized spacial score (nSPS) is 18.8. The van der Waals surface area contributed by atoms with Crippen LogP contribution in [-0.2, 0) is 36.0 Å². The number of nitriles is 1. The summed E-state index contributed by atoms with van der Waals surface area (Å²) in [5, 5.41) is 20.3. The van der Waals surface area contributed by atoms with Gasteiger partial charge in [-0.25, -0.2) is 14.3 Å². The zero-order valence-corrected chi connectivity index (χ0v) is 42.3. The number of ether oxygens (including phenoxy) is 2. The van der Waals surface area contributed by atoms with E-state index in [4.69, 9.17) is 22.9 Å². The van der Waals surface area contributed by atoms with Gasteiger partial charge in [-0.15, -0.1) is 5.10 Å². The van der Waals surface area contributed by atoms with Crippen molar-refractivity contribution in [3.8, 4) is 6.07 Å². The third-order valence-electron chi connectivity index (χ3n) is 11.5. The maximum absolute atomic E-state index is 13.3. The number of hydrogen-bond donors (Lipinski definition) is 2. The van der Waals surface area contributed by atoms with Gasteiger partial charge in [0.15, 0.2) is 14.5 Å². The van der Waals surface area contributed by atoms with Crippen LogP contribution in [0.3, 0.4) is 0 Å². The van der Waals surface area contributed by atoms with Crippen molar-refractivity contribution in [3.63, 3.8) is 0 Å². The standard InChI is InChI=1S/C46H79N8O8PSi/c1-11-12-13-14-15-16-17-18-19-20-21-22-23-24-25-26-30-52-34-38(50-51-52)33-48-45(57)58-35-39-41(61-63(59-32-27-29-47)54(36(2)3)37(4)5)42(62-64(9,10)46(6,7)8)43(60-39)53-31-28-40(55)49-44(53)56/h15-16,18-19,28,31,34,36-37,39,41-43H,11-14,17,20-27,30,32-33,35H2,1-10H3,(H,48,57)(H,49,55,56)/b16-15-,19-18-/t39-,41-,42-,43-,63?/m1/s1. The summed E-state index contributed by atoms with van der Waals surface area (Å²) in [6.07, 6.45) is 22.3. The van der Waals surface area contributed by atoms with Gasteiger partial charge < -0.3 is 28.3 Å². The average Bonchev–Trinajstić information content (AvgIpc) is 3.81. The minimum atomic E-state index is -2.59. The fourth-order valence-electron chi connectivity index (χ4n) is 7.02. The third kappa shape index (κ3) is 18.8. The zero-order valence-electron chi connectivity index (χ0n) is 40.4. The van der Waals surface area contributed by atoms with Crippen LogP contribution in [0.4, 0.5) is 4.79 Å². The molecule has 3 heterocycles. The fraction of sp³-hybridized carbons (Fsp3) is 0.739. The smallest absolute Gasteiger partial charge is 0.407 e. The molecule has 1 aliphatic heterocycles. The Morgan fingerprint density at radius 1 is 1.02 bits per heavy atom. The first-order valence-corrected chi connectivity index (χ1v) is 27.5. The van der Waals surface area contributed by atoms with Crippen molar-refractivity contribution in [2.45, 2.75) is 207 Å². The van der Waals surface area contributed by atoms with E-state index in [-0.39, 0.29) is 43.3 Å². The molecule has 0 aromatic carbocycles. The fourth-order valence-corrected chi connectivity index (χ4v) is 10.1. The molecule has 360 valence electrons. The van der Waals surface area contributed by atoms with Crippen LogP contribution in [0, 0.1) is 11.3 Å². The van der Waals surface area contributed by atoms with E-state index < -0.39 is 58.7 Å². The van der Waals surface area contributed by atoms with Gasteiger partial charge in [-0.2, -0.15) is 5.26 Å². The van der Waals surface area contributed by atoms with Crippen molar-refractivity contribution in [3.05, 3.63) is 69.3 Å². The molecule has 0 saturated carbocycles. The summed E-state index contributed by atoms with van der Waals surface area (Å²) in [4.78, 5) is 40.9. The number of allylic oxidation sites excluding steroid dienone is 4. The Bertz CT molecular complexity index is 1860. The molecule has 1 fully saturated rings. The van der Waals surface area contributed by atoms with Gasteiger partial charge in [0, 0.05) is 30.9 Å². The van der Waals surface area contributed by atoms with Crippen LogP contribution < -0.4 is 16.6 Å². The predicted molar refractivity (Wildman–Crippen MR) is 255 cm³/mol. The van der Waals surface area contributed by atoms with Gasteiger partial charge in [0.2, 0.25) is 0 Å². The molecule has 64 heavy (non-hydrogen) atoms. The van der Waals surface area contributed by atoms with Crippen LogP contribution in [0.15, 0.2) is 52.4 Å². The van der Waals surface area contributed by atoms with E-state index in [0.717, 1.165) is 32.2 Å². The van der Waals surface area contributed by atoms with Gasteiger partial charge in [-0.05, 0) is 84.4 Å². The molecule has 1 saturated heterocycles. The number of alkyl carbamates (subject to hydrolysis) is 1. The highest BCUT2D eigenvalue weighted by Crippen LogP contribution is 2.51. The molecule has 1 unspecified atom stereocenters. The number of unbranched alkanes of at least 4 members (excludes halogenated alkanes) is 9. The summed E-state index contributed by atoms with van der Waals surface area (Å²) in [7, 11) is -4.40. The highest BCUT2D eigenvalue weighted by atomic mass is 31.2. The van der Waals surface area contributed by atoms with Crippen molar-refractivity contribution in [2.75, 3.05) is 13.2 Å². The molecule has 0 spiro atoms. The molecule has 2 aromatic heterocycles. The Labute approximate surface area is 384 Å². The van der Waals surface area contributed by atoms with E-state index in [1.807, 2.05) is 33.9 Å². The summed E-state index contributed by atoms with van der Waals surface area (Å²) in [5.74, 6) is 0. The number of nitrogens with zero attached hydrogens (tertiary/aromatic N) is 6. The second-order valence-corrected chi connectivity index (χ2v) is 24.7. The van der Waals surface area contributed by atoms with Crippen molar-refractivity contribution in [1.29, 1.82) is 5.26 Å². The van der Waals surface area contributed by atoms with Crippen LogP contribution >= 0.6 is 8.53 Å². The molecule has 2 aromatic rings. The summed E-state index contributed by atoms with van der Waals surface area (Å²) >= 11 is 0. The molecule has 18 heteroatoms. The van der Waals surface area contributed by atoms with Gasteiger partial charge >= 0.3 is 11.8 Å². The third-order valence-corrected chi connectivity index (χ3v) is 18.1. The number of aryl methyl sites for hydroxylation is 1. The lowest BCUT2D eigenvalue weighted by Crippen LogP contribution is -2.50. The molecule has 1 amide bonds. The molecule has 2 N–H and O–H groups in total. The minimum absolute atomic E-state index is 0.00300. The highest BCUT2D eigenvalue weighted by Gasteiger charge is 2.54. The summed E-state index contributed by atoms with van der Waals surface area (Å²) < 4.78 is 37.7. The number of aromatic amines is 1. The van der Waals surface area contributed by atoms with Gasteiger partial charge in [-0.1, -0.05) is 95.7 Å². The first kappa shape index (κ1) is 54.8. The molecule has 3 rings (SSSR count). The Kier molecular flexibility index (Phi) is 24.4. The number of H-pyrrole nitrogens is 1. The average molecular weight is 931 g/mol. The van der Waals surface area contributed by atoms with Crippen molar-refractivity contribution >= 4 is 22.9 Å². The maximum Gasteiger partial charge on any atom is 0.407 e. The Balaban J connectivity index is 1.63. The maximum atomic E-state index is 13.3. The van der Waals surface area contributed by atoms with E-state index in [1.54, 1.807) is 4.68 Å². The lowest BCUT2D eigenvalue weighted by atomic mass is 10.1. The molecule has 5 atom stereocenters. The molecule has 0 aliphatic carbocycles. The van der Waals surface area contributed by atoms with Crippen molar-refractivity contribution in [1.82, 2.24) is 34.5 Å². The van der Waals surface area contributed by atoms with Gasteiger partial charge in [0.25, 0.3) is 14.1 Å². The highest BCUT2D eigenvalue weighted by molar-refractivity contribution is 7.44. The van der Waals surface area contributed by atoms with Gasteiger partial charge in [-0.3, -0.25) is 19.0 Å².